The predicted octanol–water partition coefficient (Wildman–Crippen LogP) is 5.14. The monoisotopic (exact) mass is 450 g/mol. The molecule has 0 spiro atoms. The van der Waals surface area contributed by atoms with Crippen molar-refractivity contribution in [3.63, 3.8) is 0 Å². The number of carbonyl (C=O) groups is 2. The van der Waals surface area contributed by atoms with Gasteiger partial charge < -0.3 is 5.32 Å². The number of aryl methyl sites for hydroxylation is 1. The molecule has 0 bridgehead atoms. The molecule has 178 valence electrons. The number of fused-ring (bicyclic) bond motifs is 1. The molecular formula is C27H38N4O2. The maximum atomic E-state index is 13.8. The molecule has 0 radical (unpaired) electrons. The Labute approximate surface area is 197 Å². The number of hydrogen-bond donors (Lipinski definition) is 1. The molecule has 0 unspecified atom stereocenters. The lowest BCUT2D eigenvalue weighted by Crippen LogP contribution is -2.65. The van der Waals surface area contributed by atoms with Gasteiger partial charge in [-0.25, -0.2) is 0 Å². The highest BCUT2D eigenvalue weighted by Gasteiger charge is 2.49. The first-order valence-electron chi connectivity index (χ1n) is 12.4. The van der Waals surface area contributed by atoms with Crippen LogP contribution in [0.2, 0.25) is 0 Å². The van der Waals surface area contributed by atoms with Gasteiger partial charge in [-0.2, -0.15) is 5.10 Å². The molecule has 1 aliphatic heterocycles. The molecular weight excluding hydrogens is 412 g/mol. The molecule has 0 saturated heterocycles. The number of aromatic nitrogens is 2. The van der Waals surface area contributed by atoms with Gasteiger partial charge in [0.25, 0.3) is 5.91 Å². The first-order chi connectivity index (χ1) is 15.6. The highest BCUT2D eigenvalue weighted by Crippen LogP contribution is 2.35. The van der Waals surface area contributed by atoms with E-state index in [0.717, 1.165) is 42.6 Å². The maximum Gasteiger partial charge on any atom is 0.277 e. The zero-order valence-electron chi connectivity index (χ0n) is 20.8. The Morgan fingerprint density at radius 1 is 1.06 bits per heavy atom. The standard InChI is InChI=1S/C27H38N4O2/c1-19-13-15-21(16-14-19)31-24(32)22-17-23(26(2,3)4)29-30(22)18-27(31,5)25(33)28-20-11-9-7-6-8-10-12-20/h13-17,20H,6-12,18H2,1-5H3,(H,28,33)/t27-/m0/s1. The van der Waals surface area contributed by atoms with Crippen molar-refractivity contribution in [2.24, 2.45) is 0 Å². The number of carbonyl (C=O) groups excluding carboxylic acids is 2. The van der Waals surface area contributed by atoms with E-state index in [1.165, 1.54) is 19.3 Å². The van der Waals surface area contributed by atoms with E-state index in [1.54, 1.807) is 9.58 Å². The first kappa shape index (κ1) is 23.5. The third kappa shape index (κ3) is 4.71. The van der Waals surface area contributed by atoms with Gasteiger partial charge in [0.15, 0.2) is 0 Å². The van der Waals surface area contributed by atoms with Gasteiger partial charge in [-0.15, -0.1) is 0 Å². The van der Waals surface area contributed by atoms with Gasteiger partial charge in [0.2, 0.25) is 5.91 Å². The molecule has 1 aromatic carbocycles. The van der Waals surface area contributed by atoms with Gasteiger partial charge in [-0.1, -0.05) is 70.6 Å². The van der Waals surface area contributed by atoms with Gasteiger partial charge in [-0.05, 0) is 44.9 Å². The molecule has 2 aliphatic rings. The van der Waals surface area contributed by atoms with Crippen LogP contribution in [0.1, 0.15) is 94.4 Å². The molecule has 1 fully saturated rings. The van der Waals surface area contributed by atoms with Gasteiger partial charge in [-0.3, -0.25) is 19.2 Å². The van der Waals surface area contributed by atoms with E-state index in [1.807, 2.05) is 44.2 Å². The molecule has 1 N–H and O–H groups in total. The average Bonchev–Trinajstić information content (AvgIpc) is 3.16. The van der Waals surface area contributed by atoms with E-state index in [-0.39, 0.29) is 23.3 Å². The summed E-state index contributed by atoms with van der Waals surface area (Å²) in [5.41, 5.74) is 2.01. The summed E-state index contributed by atoms with van der Waals surface area (Å²) in [4.78, 5) is 29.4. The number of nitrogens with zero attached hydrogens (tertiary/aromatic N) is 3. The summed E-state index contributed by atoms with van der Waals surface area (Å²) >= 11 is 0. The Hall–Kier alpha value is -2.63. The zero-order valence-corrected chi connectivity index (χ0v) is 20.8. The molecule has 2 amide bonds. The summed E-state index contributed by atoms with van der Waals surface area (Å²) in [6.07, 6.45) is 8.02. The maximum absolute atomic E-state index is 13.8. The average molecular weight is 451 g/mol. The number of nitrogens with one attached hydrogen (secondary N) is 1. The van der Waals surface area contributed by atoms with Crippen LogP contribution in [0, 0.1) is 6.92 Å². The molecule has 2 aromatic rings. The molecule has 6 nitrogen and oxygen atoms in total. The second kappa shape index (κ2) is 8.96. The lowest BCUT2D eigenvalue weighted by molar-refractivity contribution is -0.127. The van der Waals surface area contributed by atoms with Crippen LogP contribution < -0.4 is 10.2 Å². The predicted molar refractivity (Wildman–Crippen MR) is 132 cm³/mol. The minimum Gasteiger partial charge on any atom is -0.351 e. The molecule has 6 heteroatoms. The van der Waals surface area contributed by atoms with Crippen LogP contribution in [0.4, 0.5) is 5.69 Å². The molecule has 2 heterocycles. The van der Waals surface area contributed by atoms with Crippen LogP contribution >= 0.6 is 0 Å². The fraction of sp³-hybridized carbons (Fsp3) is 0.593. The Kier molecular flexibility index (Phi) is 6.39. The van der Waals surface area contributed by atoms with Crippen molar-refractivity contribution in [3.8, 4) is 0 Å². The van der Waals surface area contributed by atoms with Crippen LogP contribution in [0.25, 0.3) is 0 Å². The van der Waals surface area contributed by atoms with E-state index in [2.05, 4.69) is 26.1 Å². The van der Waals surface area contributed by atoms with Crippen LogP contribution in [-0.2, 0) is 16.8 Å². The van der Waals surface area contributed by atoms with Crippen molar-refractivity contribution in [2.75, 3.05) is 4.90 Å². The van der Waals surface area contributed by atoms with Crippen LogP contribution in [-0.4, -0.2) is 33.2 Å². The van der Waals surface area contributed by atoms with Gasteiger partial charge in [0, 0.05) is 17.1 Å². The molecule has 1 aromatic heterocycles. The number of anilines is 1. The highest BCUT2D eigenvalue weighted by molar-refractivity contribution is 6.11. The van der Waals surface area contributed by atoms with E-state index in [4.69, 9.17) is 5.10 Å². The van der Waals surface area contributed by atoms with Crippen molar-refractivity contribution in [3.05, 3.63) is 47.3 Å². The zero-order chi connectivity index (χ0) is 23.8. The summed E-state index contributed by atoms with van der Waals surface area (Å²) in [5.74, 6) is -0.274. The quantitative estimate of drug-likeness (QED) is 0.704. The Morgan fingerprint density at radius 3 is 2.27 bits per heavy atom. The Bertz CT molecular complexity index is 1010. The minimum absolute atomic E-state index is 0.0968. The summed E-state index contributed by atoms with van der Waals surface area (Å²) < 4.78 is 1.74. The number of rotatable bonds is 3. The lowest BCUT2D eigenvalue weighted by atomic mass is 9.90. The summed E-state index contributed by atoms with van der Waals surface area (Å²) in [6, 6.07) is 9.89. The van der Waals surface area contributed by atoms with Gasteiger partial charge in [0.1, 0.15) is 11.2 Å². The van der Waals surface area contributed by atoms with E-state index in [9.17, 15) is 9.59 Å². The third-order valence-corrected chi connectivity index (χ3v) is 7.14. The van der Waals surface area contributed by atoms with Crippen LogP contribution in [0.15, 0.2) is 30.3 Å². The van der Waals surface area contributed by atoms with Gasteiger partial charge >= 0.3 is 0 Å². The topological polar surface area (TPSA) is 67.2 Å². The summed E-state index contributed by atoms with van der Waals surface area (Å²) in [6.45, 7) is 10.5. The Morgan fingerprint density at radius 2 is 1.67 bits per heavy atom. The second-order valence-corrected chi connectivity index (χ2v) is 11.1. The van der Waals surface area contributed by atoms with Crippen molar-refractivity contribution in [2.45, 2.75) is 103 Å². The fourth-order valence-electron chi connectivity index (χ4n) is 4.99. The second-order valence-electron chi connectivity index (χ2n) is 11.1. The first-order valence-corrected chi connectivity index (χ1v) is 12.4. The molecule has 1 atom stereocenters. The SMILES string of the molecule is Cc1ccc(N2C(=O)c3cc(C(C)(C)C)nn3C[C@@]2(C)C(=O)NC2CCCCCCC2)cc1. The van der Waals surface area contributed by atoms with Crippen LogP contribution in [0.3, 0.4) is 0 Å². The number of benzene rings is 1. The molecule has 1 saturated carbocycles. The van der Waals surface area contributed by atoms with Crippen molar-refractivity contribution >= 4 is 17.5 Å². The summed E-state index contributed by atoms with van der Waals surface area (Å²) in [7, 11) is 0. The van der Waals surface area contributed by atoms with Crippen molar-refractivity contribution in [1.29, 1.82) is 0 Å². The molecule has 1 aliphatic carbocycles. The van der Waals surface area contributed by atoms with E-state index in [0.29, 0.717) is 12.2 Å². The fourth-order valence-corrected chi connectivity index (χ4v) is 4.99. The van der Waals surface area contributed by atoms with E-state index < -0.39 is 5.54 Å². The molecule has 33 heavy (non-hydrogen) atoms. The highest BCUT2D eigenvalue weighted by atomic mass is 16.2. The number of amides is 2. The third-order valence-electron chi connectivity index (χ3n) is 7.14. The minimum atomic E-state index is -1.07. The normalized spacial score (nSPS) is 22.5. The van der Waals surface area contributed by atoms with Crippen molar-refractivity contribution < 1.29 is 9.59 Å². The molecule has 4 rings (SSSR count). The van der Waals surface area contributed by atoms with Crippen LogP contribution in [0.5, 0.6) is 0 Å². The summed E-state index contributed by atoms with van der Waals surface area (Å²) in [5, 5.41) is 8.08. The van der Waals surface area contributed by atoms with Crippen molar-refractivity contribution in [1.82, 2.24) is 15.1 Å². The lowest BCUT2D eigenvalue weighted by Gasteiger charge is -2.44. The van der Waals surface area contributed by atoms with E-state index >= 15 is 0 Å². The van der Waals surface area contributed by atoms with Gasteiger partial charge in [0.05, 0.1) is 12.2 Å². The number of hydrogen-bond acceptors (Lipinski definition) is 3. The largest absolute Gasteiger partial charge is 0.351 e. The smallest absolute Gasteiger partial charge is 0.277 e. The Balaban J connectivity index is 1.72.